The molecule has 0 amide bonds. The van der Waals surface area contributed by atoms with Crippen molar-refractivity contribution < 1.29 is 4.79 Å². The van der Waals surface area contributed by atoms with Gasteiger partial charge in [-0.1, -0.05) is 25.5 Å². The van der Waals surface area contributed by atoms with Crippen molar-refractivity contribution >= 4 is 6.29 Å². The van der Waals surface area contributed by atoms with Gasteiger partial charge < -0.3 is 4.79 Å². The van der Waals surface area contributed by atoms with Gasteiger partial charge in [-0.3, -0.25) is 0 Å². The second-order valence-electron chi connectivity index (χ2n) is 3.15. The van der Waals surface area contributed by atoms with Gasteiger partial charge in [0.1, 0.15) is 6.29 Å². The van der Waals surface area contributed by atoms with E-state index in [1.54, 1.807) is 0 Å². The molecule has 0 radical (unpaired) electrons. The fourth-order valence-corrected chi connectivity index (χ4v) is 0.807. The Hall–Kier alpha value is -0.590. The van der Waals surface area contributed by atoms with Crippen LogP contribution < -0.4 is 0 Å². The number of aldehydes is 1. The van der Waals surface area contributed by atoms with Crippen molar-refractivity contribution in [2.75, 3.05) is 0 Å². The van der Waals surface area contributed by atoms with Crippen LogP contribution >= 0.6 is 0 Å². The third-order valence-corrected chi connectivity index (χ3v) is 1.92. The van der Waals surface area contributed by atoms with Crippen LogP contribution in [-0.2, 0) is 4.79 Å². The second kappa shape index (κ2) is 6.14. The monoisotopic (exact) mass is 154 g/mol. The van der Waals surface area contributed by atoms with Crippen molar-refractivity contribution in [3.05, 3.63) is 11.6 Å². The fourth-order valence-electron chi connectivity index (χ4n) is 0.807. The van der Waals surface area contributed by atoms with E-state index in [0.29, 0.717) is 12.3 Å². The summed E-state index contributed by atoms with van der Waals surface area (Å²) < 4.78 is 0. The lowest BCUT2D eigenvalue weighted by Crippen LogP contribution is -1.93. The third-order valence-electron chi connectivity index (χ3n) is 1.92. The number of carbonyl (C=O) groups is 1. The zero-order chi connectivity index (χ0) is 8.69. The highest BCUT2D eigenvalue weighted by molar-refractivity contribution is 5.49. The van der Waals surface area contributed by atoms with E-state index in [1.807, 2.05) is 0 Å². The number of allylic oxidation sites excluding steroid dienone is 2. The average molecular weight is 154 g/mol. The summed E-state index contributed by atoms with van der Waals surface area (Å²) >= 11 is 0. The first-order valence-corrected chi connectivity index (χ1v) is 4.30. The highest BCUT2D eigenvalue weighted by Crippen LogP contribution is 2.09. The molecule has 1 heteroatoms. The van der Waals surface area contributed by atoms with Gasteiger partial charge in [0.25, 0.3) is 0 Å². The molecule has 0 N–H and O–H groups in total. The highest BCUT2D eigenvalue weighted by Gasteiger charge is 1.97. The molecule has 0 fully saturated rings. The fraction of sp³-hybridized carbons (Fsp3) is 0.700. The predicted octanol–water partition coefficient (Wildman–Crippen LogP) is 2.96. The van der Waals surface area contributed by atoms with Crippen LogP contribution in [0, 0.1) is 5.92 Å². The minimum absolute atomic E-state index is 0.508. The lowest BCUT2D eigenvalue weighted by molar-refractivity contribution is -0.108. The van der Waals surface area contributed by atoms with Crippen molar-refractivity contribution in [1.29, 1.82) is 0 Å². The summed E-state index contributed by atoms with van der Waals surface area (Å²) in [6, 6.07) is 0. The summed E-state index contributed by atoms with van der Waals surface area (Å²) in [7, 11) is 0. The predicted molar refractivity (Wildman–Crippen MR) is 48.5 cm³/mol. The maximum Gasteiger partial charge on any atom is 0.120 e. The van der Waals surface area contributed by atoms with E-state index in [-0.39, 0.29) is 0 Å². The molecule has 0 spiro atoms. The third kappa shape index (κ3) is 5.84. The molecule has 0 aromatic heterocycles. The van der Waals surface area contributed by atoms with Gasteiger partial charge in [0, 0.05) is 6.42 Å². The Morgan fingerprint density at radius 1 is 1.45 bits per heavy atom. The van der Waals surface area contributed by atoms with Crippen LogP contribution in [0.1, 0.15) is 40.0 Å². The largest absolute Gasteiger partial charge is 0.303 e. The summed E-state index contributed by atoms with van der Waals surface area (Å²) in [6.07, 6.45) is 6.08. The van der Waals surface area contributed by atoms with Crippen LogP contribution in [0.3, 0.4) is 0 Å². The molecule has 1 nitrogen and oxygen atoms in total. The summed E-state index contributed by atoms with van der Waals surface area (Å²) in [5.74, 6) is 0.508. The van der Waals surface area contributed by atoms with Crippen LogP contribution in [0.5, 0.6) is 0 Å². The van der Waals surface area contributed by atoms with Gasteiger partial charge in [-0.2, -0.15) is 0 Å². The normalized spacial score (nSPS) is 14.6. The molecule has 0 bridgehead atoms. The lowest BCUT2D eigenvalue weighted by atomic mass is 10.0. The molecular formula is C10H18O. The Bertz CT molecular complexity index is 136. The van der Waals surface area contributed by atoms with E-state index in [2.05, 4.69) is 26.8 Å². The molecule has 1 atom stereocenters. The van der Waals surface area contributed by atoms with Gasteiger partial charge in [-0.15, -0.1) is 0 Å². The van der Waals surface area contributed by atoms with Crippen LogP contribution in [0.2, 0.25) is 0 Å². The number of hydrogen-bond acceptors (Lipinski definition) is 1. The Kier molecular flexibility index (Phi) is 5.81. The minimum Gasteiger partial charge on any atom is -0.303 e. The van der Waals surface area contributed by atoms with Crippen LogP contribution in [-0.4, -0.2) is 6.29 Å². The topological polar surface area (TPSA) is 17.1 Å². The Morgan fingerprint density at radius 3 is 2.55 bits per heavy atom. The van der Waals surface area contributed by atoms with E-state index in [0.717, 1.165) is 19.1 Å². The van der Waals surface area contributed by atoms with Gasteiger partial charge in [0.2, 0.25) is 0 Å². The van der Waals surface area contributed by atoms with E-state index in [1.165, 1.54) is 5.57 Å². The molecule has 11 heavy (non-hydrogen) atoms. The van der Waals surface area contributed by atoms with Crippen LogP contribution in [0.4, 0.5) is 0 Å². The molecule has 1 unspecified atom stereocenters. The second-order valence-corrected chi connectivity index (χ2v) is 3.15. The number of hydrogen-bond donors (Lipinski definition) is 0. The van der Waals surface area contributed by atoms with Gasteiger partial charge >= 0.3 is 0 Å². The maximum absolute atomic E-state index is 10.1. The first kappa shape index (κ1) is 10.4. The van der Waals surface area contributed by atoms with E-state index < -0.39 is 0 Å². The molecule has 0 aliphatic heterocycles. The number of carbonyl (C=O) groups excluding carboxylic acids is 1. The number of rotatable bonds is 5. The zero-order valence-electron chi connectivity index (χ0n) is 7.76. The van der Waals surface area contributed by atoms with Crippen molar-refractivity contribution in [1.82, 2.24) is 0 Å². The molecule has 0 saturated heterocycles. The van der Waals surface area contributed by atoms with Crippen molar-refractivity contribution in [3.63, 3.8) is 0 Å². The van der Waals surface area contributed by atoms with E-state index in [4.69, 9.17) is 0 Å². The zero-order valence-corrected chi connectivity index (χ0v) is 7.76. The standard InChI is InChI=1S/C10H18O/c1-4-9(2)5-6-10(3)7-8-11/h5,8,10H,4,6-7H2,1-3H3. The van der Waals surface area contributed by atoms with E-state index in [9.17, 15) is 4.79 Å². The molecule has 0 heterocycles. The smallest absolute Gasteiger partial charge is 0.120 e. The first-order chi connectivity index (χ1) is 5.20. The summed E-state index contributed by atoms with van der Waals surface area (Å²) in [6.45, 7) is 6.39. The van der Waals surface area contributed by atoms with Crippen LogP contribution in [0.25, 0.3) is 0 Å². The minimum atomic E-state index is 0.508. The first-order valence-electron chi connectivity index (χ1n) is 4.30. The summed E-state index contributed by atoms with van der Waals surface area (Å²) in [5.41, 5.74) is 1.42. The Labute approximate surface area is 69.5 Å². The molecule has 0 aliphatic carbocycles. The molecule has 0 aromatic rings. The van der Waals surface area contributed by atoms with E-state index >= 15 is 0 Å². The summed E-state index contributed by atoms with van der Waals surface area (Å²) in [4.78, 5) is 10.1. The van der Waals surface area contributed by atoms with Crippen molar-refractivity contribution in [2.24, 2.45) is 5.92 Å². The molecular weight excluding hydrogens is 136 g/mol. The van der Waals surface area contributed by atoms with Crippen molar-refractivity contribution in [2.45, 2.75) is 40.0 Å². The average Bonchev–Trinajstić information content (AvgIpc) is 2.01. The molecule has 64 valence electrons. The lowest BCUT2D eigenvalue weighted by Gasteiger charge is -2.03. The van der Waals surface area contributed by atoms with Gasteiger partial charge in [-0.05, 0) is 25.7 Å². The molecule has 0 saturated carbocycles. The Balaban J connectivity index is 3.58. The Morgan fingerprint density at radius 2 is 2.09 bits per heavy atom. The highest BCUT2D eigenvalue weighted by atomic mass is 16.1. The molecule has 0 aliphatic rings. The van der Waals surface area contributed by atoms with Gasteiger partial charge in [0.15, 0.2) is 0 Å². The van der Waals surface area contributed by atoms with Crippen molar-refractivity contribution in [3.8, 4) is 0 Å². The maximum atomic E-state index is 10.1. The quantitative estimate of drug-likeness (QED) is 0.439. The summed E-state index contributed by atoms with van der Waals surface area (Å²) in [5, 5.41) is 0. The van der Waals surface area contributed by atoms with Gasteiger partial charge in [-0.25, -0.2) is 0 Å². The van der Waals surface area contributed by atoms with Gasteiger partial charge in [0.05, 0.1) is 0 Å². The SMILES string of the molecule is CCC(C)=CCC(C)CC=O. The molecule has 0 rings (SSSR count). The van der Waals surface area contributed by atoms with Crippen LogP contribution in [0.15, 0.2) is 11.6 Å². The molecule has 0 aromatic carbocycles.